The van der Waals surface area contributed by atoms with Gasteiger partial charge in [-0.2, -0.15) is 39.5 Å². The van der Waals surface area contributed by atoms with Crippen molar-refractivity contribution >= 4 is 98.0 Å². The number of rotatable bonds is 13. The van der Waals surface area contributed by atoms with Crippen LogP contribution >= 0.6 is 70.1 Å². The van der Waals surface area contributed by atoms with Gasteiger partial charge in [-0.05, 0) is 163 Å². The summed E-state index contributed by atoms with van der Waals surface area (Å²) in [5.74, 6) is 0.0627. The van der Waals surface area contributed by atoms with Gasteiger partial charge >= 0.3 is 28.6 Å². The number of hydrogen-bond acceptors (Lipinski definition) is 17. The Hall–Kier alpha value is -7.61. The molecule has 10 rings (SSSR count). The van der Waals surface area contributed by atoms with Crippen LogP contribution in [0, 0.1) is 0 Å². The molecule has 0 atom stereocenters. The SMILES string of the molecule is FC(F)(F)Sc1ccc(-n2cc(-c3nnc(-c4cccc(Cl)c4)o3)nn2)cc1.O=C(Nc1nnc(-c2cccc(Cl)c2)o1)c1ccc(SC(F)(F)F)cc1.O=S(=O)(Nc1nnc(-c2cccc(Cl)c2)o1)c1ccc(SC(F)(F)F)cc1. The number of carbonyl (C=O) groups excluding carboxylic acids is 1. The van der Waals surface area contributed by atoms with Crippen LogP contribution < -0.4 is 10.0 Å². The van der Waals surface area contributed by atoms with Gasteiger partial charge in [0.15, 0.2) is 5.69 Å². The Balaban J connectivity index is 0.000000159. The van der Waals surface area contributed by atoms with Crippen LogP contribution in [0.1, 0.15) is 10.4 Å². The molecule has 4 aromatic heterocycles. The van der Waals surface area contributed by atoms with Crippen LogP contribution in [0.4, 0.5) is 51.5 Å². The van der Waals surface area contributed by atoms with E-state index >= 15 is 0 Å². The van der Waals surface area contributed by atoms with Crippen molar-refractivity contribution in [2.75, 3.05) is 10.0 Å². The Morgan fingerprint density at radius 1 is 0.494 bits per heavy atom. The first-order valence-corrected chi connectivity index (χ1v) is 27.0. The van der Waals surface area contributed by atoms with Crippen molar-refractivity contribution in [2.24, 2.45) is 0 Å². The summed E-state index contributed by atoms with van der Waals surface area (Å²) < 4.78 is 155. The lowest BCUT2D eigenvalue weighted by Gasteiger charge is -2.07. The topological polar surface area (TPSA) is 223 Å². The monoisotopic (exact) mass is 1260 g/mol. The lowest BCUT2D eigenvalue weighted by molar-refractivity contribution is -0.0337. The molecular formula is C48H27Cl3F9N11O6S4. The van der Waals surface area contributed by atoms with Gasteiger partial charge in [-0.1, -0.05) is 68.4 Å². The number of halogens is 12. The highest BCUT2D eigenvalue weighted by Gasteiger charge is 2.31. The zero-order chi connectivity index (χ0) is 58.1. The fraction of sp³-hybridized carbons (Fsp3) is 0.0625. The molecule has 0 bridgehead atoms. The zero-order valence-corrected chi connectivity index (χ0v) is 45.1. The van der Waals surface area contributed by atoms with E-state index in [1.54, 1.807) is 79.0 Å². The third kappa shape index (κ3) is 17.7. The number of hydrogen-bond donors (Lipinski definition) is 2. The Bertz CT molecular complexity index is 3890. The largest absolute Gasteiger partial charge is 0.446 e. The van der Waals surface area contributed by atoms with Crippen LogP contribution in [0.25, 0.3) is 51.6 Å². The number of benzene rings is 6. The van der Waals surface area contributed by atoms with Gasteiger partial charge in [0.2, 0.25) is 17.7 Å². The van der Waals surface area contributed by atoms with E-state index in [4.69, 9.17) is 48.1 Å². The predicted octanol–water partition coefficient (Wildman–Crippen LogP) is 15.3. The van der Waals surface area contributed by atoms with E-state index in [-0.39, 0.29) is 90.0 Å². The summed E-state index contributed by atoms with van der Waals surface area (Å²) in [7, 11) is -4.11. The number of nitrogens with zero attached hydrogens (tertiary/aromatic N) is 9. The maximum absolute atomic E-state index is 12.4. The van der Waals surface area contributed by atoms with Crippen molar-refractivity contribution in [1.29, 1.82) is 0 Å². The molecule has 17 nitrogen and oxygen atoms in total. The van der Waals surface area contributed by atoms with E-state index < -0.39 is 38.5 Å². The van der Waals surface area contributed by atoms with Crippen LogP contribution in [0.3, 0.4) is 0 Å². The number of aromatic nitrogens is 9. The lowest BCUT2D eigenvalue weighted by atomic mass is 10.2. The maximum atomic E-state index is 12.4. The third-order valence-corrected chi connectivity index (χ3v) is 14.0. The molecule has 0 aliphatic heterocycles. The highest BCUT2D eigenvalue weighted by molar-refractivity contribution is 8.00. The first-order chi connectivity index (χ1) is 38.3. The third-order valence-electron chi connectivity index (χ3n) is 9.70. The smallest absolute Gasteiger partial charge is 0.414 e. The molecule has 418 valence electrons. The van der Waals surface area contributed by atoms with Gasteiger partial charge in [-0.3, -0.25) is 10.1 Å². The standard InChI is InChI=1S/C17H9ClF3N5OS.C16H9ClF3N3O2S.C15H9ClF3N3O3S2/c18-11-3-1-2-10(8-11)15-23-24-16(27-15)14-9-26(25-22-14)12-4-6-13(7-5-12)28-17(19,20)21;17-11-3-1-2-10(8-11)14-22-23-15(25-14)21-13(24)9-4-6-12(7-5-9)26-16(18,19)20;16-10-3-1-2-9(8-10)13-20-21-14(25-13)22-27(23,24)12-6-4-11(5-7-12)26-15(17,18)19/h1-9H;1-8H,(H,21,23,24);1-8H,(H,21,22). The highest BCUT2D eigenvalue weighted by Crippen LogP contribution is 2.39. The lowest BCUT2D eigenvalue weighted by Crippen LogP contribution is -2.13. The number of carbonyl (C=O) groups is 1. The molecule has 81 heavy (non-hydrogen) atoms. The Labute approximate surface area is 477 Å². The van der Waals surface area contributed by atoms with Crippen molar-refractivity contribution in [2.45, 2.75) is 36.1 Å². The number of thioether (sulfide) groups is 3. The average molecular weight is 1260 g/mol. The van der Waals surface area contributed by atoms with E-state index in [9.17, 15) is 52.7 Å². The molecule has 0 saturated heterocycles. The summed E-state index contributed by atoms with van der Waals surface area (Å²) >= 11 is 16.9. The van der Waals surface area contributed by atoms with E-state index in [2.05, 4.69) is 50.9 Å². The number of alkyl halides is 9. The van der Waals surface area contributed by atoms with Crippen LogP contribution in [0.2, 0.25) is 15.1 Å². The van der Waals surface area contributed by atoms with Crippen molar-refractivity contribution in [3.05, 3.63) is 172 Å². The van der Waals surface area contributed by atoms with Crippen LogP contribution in [0.5, 0.6) is 0 Å². The summed E-state index contributed by atoms with van der Waals surface area (Å²) in [5.41, 5.74) is -10.4. The molecule has 33 heteroatoms. The van der Waals surface area contributed by atoms with E-state index in [0.29, 0.717) is 43.1 Å². The van der Waals surface area contributed by atoms with Crippen molar-refractivity contribution < 1.29 is 66.0 Å². The van der Waals surface area contributed by atoms with E-state index in [0.717, 1.165) is 24.3 Å². The second-order valence-corrected chi connectivity index (χ2v) is 21.9. The predicted molar refractivity (Wildman–Crippen MR) is 282 cm³/mol. The van der Waals surface area contributed by atoms with Crippen LogP contribution in [-0.4, -0.2) is 76.4 Å². The van der Waals surface area contributed by atoms with Gasteiger partial charge in [0.25, 0.3) is 21.8 Å². The van der Waals surface area contributed by atoms with Crippen molar-refractivity contribution in [3.63, 3.8) is 0 Å². The van der Waals surface area contributed by atoms with Gasteiger partial charge in [0.1, 0.15) is 0 Å². The summed E-state index contributed by atoms with van der Waals surface area (Å²) in [5, 5.41) is 34.5. The molecule has 2 N–H and O–H groups in total. The quantitative estimate of drug-likeness (QED) is 0.0809. The zero-order valence-electron chi connectivity index (χ0n) is 39.6. The van der Waals surface area contributed by atoms with Gasteiger partial charge in [-0.25, -0.2) is 17.8 Å². The van der Waals surface area contributed by atoms with Crippen LogP contribution in [0.15, 0.2) is 185 Å². The van der Waals surface area contributed by atoms with Gasteiger partial charge in [0, 0.05) is 52.0 Å². The first kappa shape index (κ1) is 59.5. The summed E-state index contributed by atoms with van der Waals surface area (Å²) in [6.45, 7) is 0. The molecule has 0 aliphatic carbocycles. The number of amides is 1. The minimum atomic E-state index is -4.46. The minimum absolute atomic E-state index is 0.0184. The second kappa shape index (κ2) is 25.5. The number of anilines is 2. The van der Waals surface area contributed by atoms with Gasteiger partial charge < -0.3 is 13.3 Å². The first-order valence-electron chi connectivity index (χ1n) is 21.9. The Morgan fingerprint density at radius 3 is 1.37 bits per heavy atom. The second-order valence-electron chi connectivity index (χ2n) is 15.5. The maximum Gasteiger partial charge on any atom is 0.446 e. The summed E-state index contributed by atoms with van der Waals surface area (Å²) in [6.07, 6.45) is 1.54. The molecule has 0 fully saturated rings. The van der Waals surface area contributed by atoms with Gasteiger partial charge in [0.05, 0.1) is 16.8 Å². The van der Waals surface area contributed by atoms with E-state index in [1.165, 1.54) is 53.2 Å². The summed E-state index contributed by atoms with van der Waals surface area (Å²) in [4.78, 5) is 11.8. The Kier molecular flexibility index (Phi) is 18.7. The minimum Gasteiger partial charge on any atom is -0.414 e. The molecule has 10 aromatic rings. The van der Waals surface area contributed by atoms with Crippen molar-refractivity contribution in [1.82, 2.24) is 45.6 Å². The molecule has 0 radical (unpaired) electrons. The number of sulfonamides is 1. The fourth-order valence-electron chi connectivity index (χ4n) is 6.34. The fourth-order valence-corrected chi connectivity index (χ4v) is 9.45. The number of nitrogens with one attached hydrogen (secondary N) is 2. The molecule has 0 saturated carbocycles. The average Bonchev–Trinajstić information content (AvgIpc) is 4.44. The Morgan fingerprint density at radius 2 is 0.901 bits per heavy atom. The van der Waals surface area contributed by atoms with Crippen LogP contribution in [-0.2, 0) is 10.0 Å². The molecule has 0 spiro atoms. The summed E-state index contributed by atoms with van der Waals surface area (Å²) in [6, 6.07) is 34.6. The van der Waals surface area contributed by atoms with Crippen molar-refractivity contribution in [3.8, 4) is 51.6 Å². The highest BCUT2D eigenvalue weighted by atomic mass is 35.5. The molecule has 0 aliphatic rings. The molecule has 4 heterocycles. The molecule has 1 amide bonds. The molecule has 6 aromatic carbocycles. The molecule has 0 unspecified atom stereocenters. The molecular weight excluding hydrogens is 1230 g/mol. The van der Waals surface area contributed by atoms with E-state index in [1.807, 2.05) is 0 Å². The van der Waals surface area contributed by atoms with Gasteiger partial charge in [-0.15, -0.1) is 25.5 Å². The normalized spacial score (nSPS) is 11.8.